The Bertz CT molecular complexity index is 691. The molecular weight excluding hydrogens is 276 g/mol. The molecule has 1 aromatic heterocycles. The summed E-state index contributed by atoms with van der Waals surface area (Å²) in [6.45, 7) is 1.50. The molecule has 2 aromatic rings. The highest BCUT2D eigenvalue weighted by Crippen LogP contribution is 2.28. The minimum Gasteiger partial charge on any atom is -0.497 e. The number of aromatic nitrogens is 1. The Kier molecular flexibility index (Phi) is 4.22. The van der Waals surface area contributed by atoms with E-state index in [2.05, 4.69) is 5.16 Å². The van der Waals surface area contributed by atoms with E-state index in [-0.39, 0.29) is 17.1 Å². The number of benzene rings is 1. The van der Waals surface area contributed by atoms with Crippen molar-refractivity contribution in [1.29, 1.82) is 0 Å². The smallest absolute Gasteiger partial charge is 0.338 e. The Morgan fingerprint density at radius 1 is 1.29 bits per heavy atom. The molecule has 0 atom stereocenters. The van der Waals surface area contributed by atoms with Crippen molar-refractivity contribution < 1.29 is 18.9 Å². The SMILES string of the molecule is COc1ccc(/C=C/c2noc(C)c2[N+](=O)[O-])c(OC)c1. The van der Waals surface area contributed by atoms with Crippen molar-refractivity contribution >= 4 is 17.8 Å². The van der Waals surface area contributed by atoms with Gasteiger partial charge in [-0.1, -0.05) is 5.16 Å². The molecule has 110 valence electrons. The molecule has 0 N–H and O–H groups in total. The largest absolute Gasteiger partial charge is 0.497 e. The van der Waals surface area contributed by atoms with Crippen LogP contribution >= 0.6 is 0 Å². The molecular formula is C14H14N2O5. The first-order chi connectivity index (χ1) is 10.1. The van der Waals surface area contributed by atoms with Crippen LogP contribution in [-0.4, -0.2) is 24.3 Å². The van der Waals surface area contributed by atoms with Gasteiger partial charge in [0.05, 0.1) is 19.1 Å². The molecule has 0 radical (unpaired) electrons. The topological polar surface area (TPSA) is 87.6 Å². The van der Waals surface area contributed by atoms with Crippen molar-refractivity contribution in [2.24, 2.45) is 0 Å². The summed E-state index contributed by atoms with van der Waals surface area (Å²) >= 11 is 0. The zero-order chi connectivity index (χ0) is 15.4. The molecule has 0 aliphatic heterocycles. The first kappa shape index (κ1) is 14.6. The van der Waals surface area contributed by atoms with E-state index in [1.165, 1.54) is 20.1 Å². The summed E-state index contributed by atoms with van der Waals surface area (Å²) in [6.07, 6.45) is 3.18. The molecule has 0 bridgehead atoms. The van der Waals surface area contributed by atoms with E-state index < -0.39 is 4.92 Å². The van der Waals surface area contributed by atoms with Gasteiger partial charge in [0.2, 0.25) is 5.76 Å². The average Bonchev–Trinajstić information content (AvgIpc) is 2.85. The van der Waals surface area contributed by atoms with Crippen molar-refractivity contribution in [3.63, 3.8) is 0 Å². The lowest BCUT2D eigenvalue weighted by atomic mass is 10.1. The predicted octanol–water partition coefficient (Wildman–Crippen LogP) is 3.08. The highest BCUT2D eigenvalue weighted by molar-refractivity contribution is 5.75. The van der Waals surface area contributed by atoms with Crippen LogP contribution in [0.15, 0.2) is 22.7 Å². The van der Waals surface area contributed by atoms with Crippen molar-refractivity contribution in [3.8, 4) is 11.5 Å². The van der Waals surface area contributed by atoms with Crippen molar-refractivity contribution in [1.82, 2.24) is 5.16 Å². The number of methoxy groups -OCH3 is 2. The summed E-state index contributed by atoms with van der Waals surface area (Å²) in [7, 11) is 3.10. The van der Waals surface area contributed by atoms with Crippen molar-refractivity contribution in [2.75, 3.05) is 14.2 Å². The summed E-state index contributed by atoms with van der Waals surface area (Å²) in [5.74, 6) is 1.42. The molecule has 21 heavy (non-hydrogen) atoms. The van der Waals surface area contributed by atoms with E-state index in [9.17, 15) is 10.1 Å². The highest BCUT2D eigenvalue weighted by atomic mass is 16.6. The Hall–Kier alpha value is -2.83. The van der Waals surface area contributed by atoms with Crippen LogP contribution in [0.2, 0.25) is 0 Å². The lowest BCUT2D eigenvalue weighted by Crippen LogP contribution is -1.91. The third-order valence-corrected chi connectivity index (χ3v) is 2.90. The molecule has 0 spiro atoms. The number of ether oxygens (including phenoxy) is 2. The van der Waals surface area contributed by atoms with Crippen molar-refractivity contribution in [2.45, 2.75) is 6.92 Å². The maximum absolute atomic E-state index is 11.0. The fourth-order valence-electron chi connectivity index (χ4n) is 1.84. The molecule has 7 nitrogen and oxygen atoms in total. The van der Waals surface area contributed by atoms with Crippen LogP contribution in [0.5, 0.6) is 11.5 Å². The van der Waals surface area contributed by atoms with Gasteiger partial charge < -0.3 is 14.0 Å². The minimum absolute atomic E-state index is 0.140. The summed E-state index contributed by atoms with van der Waals surface area (Å²) in [4.78, 5) is 10.4. The number of hydrogen-bond acceptors (Lipinski definition) is 6. The fraction of sp³-hybridized carbons (Fsp3) is 0.214. The first-order valence-corrected chi connectivity index (χ1v) is 6.07. The van der Waals surface area contributed by atoms with E-state index in [0.29, 0.717) is 11.5 Å². The van der Waals surface area contributed by atoms with Crippen molar-refractivity contribution in [3.05, 3.63) is 45.3 Å². The van der Waals surface area contributed by atoms with E-state index in [1.54, 1.807) is 31.4 Å². The third kappa shape index (κ3) is 3.02. The van der Waals surface area contributed by atoms with E-state index in [0.717, 1.165) is 5.56 Å². The molecule has 1 aromatic carbocycles. The lowest BCUT2D eigenvalue weighted by molar-refractivity contribution is -0.386. The first-order valence-electron chi connectivity index (χ1n) is 6.07. The van der Waals surface area contributed by atoms with Gasteiger partial charge in [-0.3, -0.25) is 10.1 Å². The predicted molar refractivity (Wildman–Crippen MR) is 76.4 cm³/mol. The van der Waals surface area contributed by atoms with Crippen LogP contribution in [0.3, 0.4) is 0 Å². The van der Waals surface area contributed by atoms with E-state index in [1.807, 2.05) is 0 Å². The van der Waals surface area contributed by atoms with Gasteiger partial charge in [0, 0.05) is 18.6 Å². The van der Waals surface area contributed by atoms with Gasteiger partial charge >= 0.3 is 5.69 Å². The molecule has 0 aliphatic rings. The molecule has 0 aliphatic carbocycles. The normalized spacial score (nSPS) is 10.8. The Balaban J connectivity index is 2.36. The zero-order valence-corrected chi connectivity index (χ0v) is 11.8. The van der Waals surface area contributed by atoms with Gasteiger partial charge in [-0.05, 0) is 24.3 Å². The Morgan fingerprint density at radius 2 is 2.05 bits per heavy atom. The Labute approximate surface area is 120 Å². The highest BCUT2D eigenvalue weighted by Gasteiger charge is 2.21. The number of nitro groups is 1. The van der Waals surface area contributed by atoms with Gasteiger partial charge in [-0.25, -0.2) is 0 Å². The van der Waals surface area contributed by atoms with E-state index >= 15 is 0 Å². The van der Waals surface area contributed by atoms with Crippen LogP contribution in [0.1, 0.15) is 17.0 Å². The average molecular weight is 290 g/mol. The molecule has 0 saturated heterocycles. The summed E-state index contributed by atoms with van der Waals surface area (Å²) in [5, 5.41) is 14.6. The van der Waals surface area contributed by atoms with Gasteiger partial charge in [-0.2, -0.15) is 0 Å². The molecule has 0 amide bonds. The monoisotopic (exact) mass is 290 g/mol. The van der Waals surface area contributed by atoms with Gasteiger partial charge in [0.1, 0.15) is 11.5 Å². The van der Waals surface area contributed by atoms with Crippen LogP contribution in [0.25, 0.3) is 12.2 Å². The summed E-state index contributed by atoms with van der Waals surface area (Å²) in [5.41, 5.74) is 0.766. The minimum atomic E-state index is -0.517. The molecule has 7 heteroatoms. The molecule has 0 saturated carbocycles. The fourth-order valence-corrected chi connectivity index (χ4v) is 1.84. The lowest BCUT2D eigenvalue weighted by Gasteiger charge is -2.06. The molecule has 2 rings (SSSR count). The number of nitrogens with zero attached hydrogens (tertiary/aromatic N) is 2. The number of hydrogen-bond donors (Lipinski definition) is 0. The van der Waals surface area contributed by atoms with Gasteiger partial charge in [-0.15, -0.1) is 0 Å². The maximum atomic E-state index is 11.0. The number of rotatable bonds is 5. The second kappa shape index (κ2) is 6.08. The second-order valence-corrected chi connectivity index (χ2v) is 4.17. The van der Waals surface area contributed by atoms with Crippen LogP contribution in [0, 0.1) is 17.0 Å². The summed E-state index contributed by atoms with van der Waals surface area (Å²) < 4.78 is 15.2. The quantitative estimate of drug-likeness (QED) is 0.621. The maximum Gasteiger partial charge on any atom is 0.338 e. The van der Waals surface area contributed by atoms with Crippen LogP contribution in [-0.2, 0) is 0 Å². The van der Waals surface area contributed by atoms with Crippen LogP contribution in [0.4, 0.5) is 5.69 Å². The van der Waals surface area contributed by atoms with Gasteiger partial charge in [0.25, 0.3) is 0 Å². The van der Waals surface area contributed by atoms with E-state index in [4.69, 9.17) is 14.0 Å². The Morgan fingerprint density at radius 3 is 2.67 bits per heavy atom. The van der Waals surface area contributed by atoms with Crippen LogP contribution < -0.4 is 9.47 Å². The second-order valence-electron chi connectivity index (χ2n) is 4.17. The summed E-state index contributed by atoms with van der Waals surface area (Å²) in [6, 6.07) is 5.28. The molecule has 0 unspecified atom stereocenters. The zero-order valence-electron chi connectivity index (χ0n) is 11.8. The molecule has 0 fully saturated rings. The third-order valence-electron chi connectivity index (χ3n) is 2.90. The standard InChI is InChI=1S/C14H14N2O5/c1-9-14(16(17)18)12(15-21-9)7-5-10-4-6-11(19-2)8-13(10)20-3/h4-8H,1-3H3/b7-5+. The molecule has 1 heterocycles. The number of aryl methyl sites for hydroxylation is 1. The van der Waals surface area contributed by atoms with Gasteiger partial charge in [0.15, 0.2) is 5.69 Å².